The number of rotatable bonds is 8. The normalized spacial score (nSPS) is 12.6. The van der Waals surface area contributed by atoms with Crippen LogP contribution < -0.4 is 11.5 Å². The lowest BCUT2D eigenvalue weighted by molar-refractivity contribution is -0.139. The topological polar surface area (TPSA) is 147 Å². The maximum atomic E-state index is 10.2. The van der Waals surface area contributed by atoms with Gasteiger partial charge in [0.05, 0.1) is 0 Å². The fourth-order valence-electron chi connectivity index (χ4n) is 0.817. The molecule has 23 heavy (non-hydrogen) atoms. The Morgan fingerprint density at radius 2 is 1.35 bits per heavy atom. The first-order valence-electron chi connectivity index (χ1n) is 7.32. The van der Waals surface area contributed by atoms with Crippen LogP contribution >= 0.6 is 24.4 Å². The van der Waals surface area contributed by atoms with Gasteiger partial charge in [0.25, 0.3) is 0 Å². The zero-order chi connectivity index (χ0) is 19.0. The van der Waals surface area contributed by atoms with Gasteiger partial charge in [0.2, 0.25) is 0 Å². The van der Waals surface area contributed by atoms with Crippen LogP contribution in [0.3, 0.4) is 0 Å². The summed E-state index contributed by atoms with van der Waals surface area (Å²) in [4.78, 5) is 20.1. The number of hydrogen-bond acceptors (Lipinski definition) is 7. The number of nitrogens with two attached hydrogens (primary N) is 2. The highest BCUT2D eigenvalue weighted by molar-refractivity contribution is 7.99. The average Bonchev–Trinajstić information content (AvgIpc) is 2.38. The van der Waals surface area contributed by atoms with Crippen molar-refractivity contribution in [1.29, 1.82) is 0 Å². The van der Waals surface area contributed by atoms with Crippen molar-refractivity contribution in [3.05, 3.63) is 0 Å². The fourth-order valence-corrected chi connectivity index (χ4v) is 1.68. The molecule has 0 radical (unpaired) electrons. The minimum absolute atomic E-state index is 0.120. The van der Waals surface area contributed by atoms with Crippen LogP contribution in [0.4, 0.5) is 0 Å². The first-order chi connectivity index (χ1) is 10.4. The van der Waals surface area contributed by atoms with E-state index in [1.165, 1.54) is 0 Å². The third-order valence-corrected chi connectivity index (χ3v) is 3.09. The highest BCUT2D eigenvalue weighted by atomic mass is 32.2. The van der Waals surface area contributed by atoms with E-state index in [1.807, 2.05) is 13.8 Å². The number of carbonyl (C=O) groups is 2. The summed E-state index contributed by atoms with van der Waals surface area (Å²) in [6.45, 7) is 8.05. The molecule has 0 fully saturated rings. The average molecular weight is 373 g/mol. The molecule has 2 atom stereocenters. The van der Waals surface area contributed by atoms with Crippen LogP contribution in [-0.2, 0) is 9.59 Å². The predicted octanol–water partition coefficient (Wildman–Crippen LogP) is 1.04. The molecule has 7 N–H and O–H groups in total. The molecular formula is C14H32N2O5S2. The number of aliphatic hydroxyl groups excluding tert-OH is 1. The predicted molar refractivity (Wildman–Crippen MR) is 99.3 cm³/mol. The molecule has 0 saturated heterocycles. The molecule has 0 aliphatic carbocycles. The number of aliphatic hydroxyl groups is 1. The van der Waals surface area contributed by atoms with Gasteiger partial charge in [0.1, 0.15) is 12.1 Å². The van der Waals surface area contributed by atoms with E-state index in [9.17, 15) is 9.59 Å². The monoisotopic (exact) mass is 372 g/mol. The van der Waals surface area contributed by atoms with Gasteiger partial charge >= 0.3 is 11.9 Å². The molecule has 2 unspecified atom stereocenters. The molecule has 0 aromatic heterocycles. The summed E-state index contributed by atoms with van der Waals surface area (Å²) in [6, 6.07) is -1.61. The molecular weight excluding hydrogens is 340 g/mol. The fraction of sp³-hybridized carbons (Fsp3) is 0.857. The molecule has 0 aromatic rings. The quantitative estimate of drug-likeness (QED) is 0.346. The van der Waals surface area contributed by atoms with E-state index < -0.39 is 24.0 Å². The van der Waals surface area contributed by atoms with E-state index in [4.69, 9.17) is 26.8 Å². The maximum Gasteiger partial charge on any atom is 0.320 e. The van der Waals surface area contributed by atoms with Crippen LogP contribution in [0.5, 0.6) is 0 Å². The van der Waals surface area contributed by atoms with Crippen molar-refractivity contribution in [2.24, 2.45) is 11.5 Å². The van der Waals surface area contributed by atoms with Gasteiger partial charge in [-0.25, -0.2) is 0 Å². The summed E-state index contributed by atoms with van der Waals surface area (Å²) in [5.74, 6) is -1.15. The van der Waals surface area contributed by atoms with Crippen LogP contribution in [0, 0.1) is 0 Å². The van der Waals surface area contributed by atoms with E-state index in [1.54, 1.807) is 11.8 Å². The highest BCUT2D eigenvalue weighted by Gasteiger charge is 2.10. The molecule has 0 rings (SSSR count). The van der Waals surface area contributed by atoms with Crippen LogP contribution in [0.25, 0.3) is 0 Å². The molecule has 0 saturated carbocycles. The van der Waals surface area contributed by atoms with Crippen LogP contribution in [0.2, 0.25) is 0 Å². The van der Waals surface area contributed by atoms with Gasteiger partial charge in [-0.15, -0.1) is 0 Å². The third kappa shape index (κ3) is 30.0. The number of carboxylic acids is 2. The minimum Gasteiger partial charge on any atom is -0.480 e. The lowest BCUT2D eigenvalue weighted by Crippen LogP contribution is -2.30. The zero-order valence-corrected chi connectivity index (χ0v) is 16.0. The van der Waals surface area contributed by atoms with Crippen molar-refractivity contribution in [1.82, 2.24) is 0 Å². The second-order valence-electron chi connectivity index (χ2n) is 5.20. The van der Waals surface area contributed by atoms with Crippen LogP contribution in [0.15, 0.2) is 0 Å². The third-order valence-electron chi connectivity index (χ3n) is 1.95. The molecule has 0 bridgehead atoms. The van der Waals surface area contributed by atoms with Gasteiger partial charge in [0, 0.05) is 6.61 Å². The Kier molecular flexibility index (Phi) is 21.3. The number of carboxylic acid groups (broad SMARTS) is 2. The zero-order valence-electron chi connectivity index (χ0n) is 14.3. The lowest BCUT2D eigenvalue weighted by Gasteiger charge is -2.07. The standard InChI is InChI=1S/C7H15NO2S.C4H9NO3.C3H8S/c1-5(2)11-4-3-6(8)7(9)10;5-3(1-2-6)4(7)8;1-3(2)4/h5-6H,3-4,8H2,1-2H3,(H,9,10);3,6H,1-2,5H2,(H,7,8);3-4H,1-2H3. The van der Waals surface area contributed by atoms with Crippen molar-refractivity contribution in [2.45, 2.75) is 63.1 Å². The van der Waals surface area contributed by atoms with Gasteiger partial charge in [-0.05, 0) is 29.1 Å². The van der Waals surface area contributed by atoms with E-state index in [0.717, 1.165) is 5.75 Å². The van der Waals surface area contributed by atoms with Gasteiger partial charge in [-0.2, -0.15) is 24.4 Å². The molecule has 0 aliphatic rings. The summed E-state index contributed by atoms with van der Waals surface area (Å²) >= 11 is 5.70. The molecule has 7 nitrogen and oxygen atoms in total. The Morgan fingerprint density at radius 1 is 1.00 bits per heavy atom. The van der Waals surface area contributed by atoms with Gasteiger partial charge < -0.3 is 26.8 Å². The van der Waals surface area contributed by atoms with Crippen LogP contribution in [0.1, 0.15) is 40.5 Å². The largest absolute Gasteiger partial charge is 0.480 e. The Labute approximate surface area is 148 Å². The molecule has 140 valence electrons. The molecule has 9 heteroatoms. The van der Waals surface area contributed by atoms with Gasteiger partial charge in [-0.3, -0.25) is 9.59 Å². The molecule has 0 amide bonds. The first-order valence-corrected chi connectivity index (χ1v) is 8.89. The Morgan fingerprint density at radius 3 is 1.57 bits per heavy atom. The molecule has 0 aliphatic heterocycles. The molecule has 0 spiro atoms. The summed E-state index contributed by atoms with van der Waals surface area (Å²) in [7, 11) is 0. The summed E-state index contributed by atoms with van der Waals surface area (Å²) in [5.41, 5.74) is 10.3. The second-order valence-corrected chi connectivity index (χ2v) is 7.92. The van der Waals surface area contributed by atoms with E-state index in [2.05, 4.69) is 26.5 Å². The Bertz CT molecular complexity index is 302. The molecule has 0 heterocycles. The minimum atomic E-state index is -1.07. The number of thioether (sulfide) groups is 1. The summed E-state index contributed by atoms with van der Waals surface area (Å²) in [6.07, 6.45) is 0.674. The van der Waals surface area contributed by atoms with E-state index >= 15 is 0 Å². The first kappa shape index (κ1) is 27.4. The Balaban J connectivity index is -0.000000292. The SMILES string of the molecule is CC(C)S.CC(C)SCCC(N)C(=O)O.NC(CCO)C(=O)O. The van der Waals surface area contributed by atoms with E-state index in [-0.39, 0.29) is 13.0 Å². The van der Waals surface area contributed by atoms with Gasteiger partial charge in [0.15, 0.2) is 0 Å². The second kappa shape index (κ2) is 17.9. The number of hydrogen-bond donors (Lipinski definition) is 6. The van der Waals surface area contributed by atoms with Crippen molar-refractivity contribution in [2.75, 3.05) is 12.4 Å². The van der Waals surface area contributed by atoms with Crippen molar-refractivity contribution < 1.29 is 24.9 Å². The number of aliphatic carboxylic acids is 2. The van der Waals surface area contributed by atoms with E-state index in [0.29, 0.717) is 16.9 Å². The Hall–Kier alpha value is -0.480. The van der Waals surface area contributed by atoms with Crippen LogP contribution in [-0.4, -0.2) is 62.2 Å². The number of thiol groups is 1. The van der Waals surface area contributed by atoms with Crippen molar-refractivity contribution in [3.8, 4) is 0 Å². The molecule has 0 aromatic carbocycles. The van der Waals surface area contributed by atoms with Crippen molar-refractivity contribution in [3.63, 3.8) is 0 Å². The summed E-state index contributed by atoms with van der Waals surface area (Å²) in [5, 5.41) is 25.7. The lowest BCUT2D eigenvalue weighted by atomic mass is 10.2. The maximum absolute atomic E-state index is 10.2. The smallest absolute Gasteiger partial charge is 0.320 e. The summed E-state index contributed by atoms with van der Waals surface area (Å²) < 4.78 is 0. The highest BCUT2D eigenvalue weighted by Crippen LogP contribution is 2.10. The van der Waals surface area contributed by atoms with Crippen molar-refractivity contribution >= 4 is 36.3 Å². The van der Waals surface area contributed by atoms with Gasteiger partial charge in [-0.1, -0.05) is 27.7 Å².